The lowest BCUT2D eigenvalue weighted by atomic mass is 10.1. The van der Waals surface area contributed by atoms with Crippen LogP contribution < -0.4 is 4.90 Å². The van der Waals surface area contributed by atoms with Gasteiger partial charge < -0.3 is 4.90 Å². The first-order valence-corrected chi connectivity index (χ1v) is 7.70. The van der Waals surface area contributed by atoms with Crippen LogP contribution in [0.2, 0.25) is 0 Å². The maximum Gasteiger partial charge on any atom is 0.0494 e. The summed E-state index contributed by atoms with van der Waals surface area (Å²) in [6.07, 6.45) is 5.39. The van der Waals surface area contributed by atoms with Crippen molar-refractivity contribution in [3.05, 3.63) is 28.2 Å². The van der Waals surface area contributed by atoms with Gasteiger partial charge in [-0.2, -0.15) is 0 Å². The van der Waals surface area contributed by atoms with Crippen molar-refractivity contribution in [3.8, 4) is 0 Å². The third-order valence-corrected chi connectivity index (χ3v) is 4.38. The quantitative estimate of drug-likeness (QED) is 0.710. The maximum atomic E-state index is 6.06. The maximum absolute atomic E-state index is 6.06. The number of halogens is 2. The number of hydrogen-bond donors (Lipinski definition) is 0. The molecule has 0 saturated heterocycles. The average molecular weight is 317 g/mol. The van der Waals surface area contributed by atoms with Crippen molar-refractivity contribution in [3.63, 3.8) is 0 Å². The Labute approximate surface area is 117 Å². The number of anilines is 1. The molecule has 0 atom stereocenters. The third-order valence-electron chi connectivity index (χ3n) is 3.60. The molecule has 0 spiro atoms. The zero-order valence-electron chi connectivity index (χ0n) is 10.3. The van der Waals surface area contributed by atoms with Crippen LogP contribution >= 0.6 is 27.5 Å². The Morgan fingerprint density at radius 1 is 1.35 bits per heavy atom. The molecule has 0 N–H and O–H groups in total. The first kappa shape index (κ1) is 13.2. The number of rotatable bonds is 4. The molecule has 0 amide bonds. The summed E-state index contributed by atoms with van der Waals surface area (Å²) in [6, 6.07) is 7.16. The van der Waals surface area contributed by atoms with Gasteiger partial charge in [0.05, 0.1) is 0 Å². The molecule has 1 fully saturated rings. The smallest absolute Gasteiger partial charge is 0.0494 e. The third kappa shape index (κ3) is 2.97. The molecule has 0 heterocycles. The minimum absolute atomic E-state index is 0.581. The van der Waals surface area contributed by atoms with Gasteiger partial charge in [0.15, 0.2) is 0 Å². The second kappa shape index (κ2) is 6.10. The summed E-state index contributed by atoms with van der Waals surface area (Å²) in [5, 5.41) is 0. The van der Waals surface area contributed by atoms with Gasteiger partial charge in [-0.3, -0.25) is 0 Å². The zero-order chi connectivity index (χ0) is 12.3. The van der Waals surface area contributed by atoms with Crippen LogP contribution in [0, 0.1) is 0 Å². The summed E-state index contributed by atoms with van der Waals surface area (Å²) < 4.78 is 1.11. The highest BCUT2D eigenvalue weighted by Crippen LogP contribution is 2.32. The molecule has 2 rings (SSSR count). The molecule has 1 nitrogen and oxygen atoms in total. The number of nitrogens with zero attached hydrogens (tertiary/aromatic N) is 1. The van der Waals surface area contributed by atoms with Crippen LogP contribution in [0.1, 0.15) is 38.2 Å². The molecule has 1 aromatic rings. The molecule has 94 valence electrons. The Hall–Kier alpha value is -0.210. The fourth-order valence-corrected chi connectivity index (χ4v) is 3.41. The Bertz CT molecular complexity index is 374. The van der Waals surface area contributed by atoms with E-state index in [-0.39, 0.29) is 0 Å². The van der Waals surface area contributed by atoms with Crippen molar-refractivity contribution < 1.29 is 0 Å². The molecule has 0 unspecified atom stereocenters. The molecular formula is C14H19BrClN. The summed E-state index contributed by atoms with van der Waals surface area (Å²) >= 11 is 9.58. The Kier molecular flexibility index (Phi) is 4.75. The van der Waals surface area contributed by atoms with E-state index < -0.39 is 0 Å². The van der Waals surface area contributed by atoms with E-state index in [4.69, 9.17) is 11.6 Å². The van der Waals surface area contributed by atoms with Crippen LogP contribution in [0.15, 0.2) is 22.7 Å². The van der Waals surface area contributed by atoms with Gasteiger partial charge in [-0.25, -0.2) is 0 Å². The Morgan fingerprint density at radius 2 is 2.06 bits per heavy atom. The molecule has 1 aliphatic rings. The van der Waals surface area contributed by atoms with E-state index in [1.54, 1.807) is 0 Å². The number of benzene rings is 1. The van der Waals surface area contributed by atoms with Gasteiger partial charge in [0.1, 0.15) is 0 Å². The normalized spacial score (nSPS) is 16.4. The molecule has 17 heavy (non-hydrogen) atoms. The first-order chi connectivity index (χ1) is 8.26. The molecule has 0 radical (unpaired) electrons. The van der Waals surface area contributed by atoms with Gasteiger partial charge in [0, 0.05) is 28.6 Å². The lowest BCUT2D eigenvalue weighted by Gasteiger charge is -2.31. The van der Waals surface area contributed by atoms with E-state index in [9.17, 15) is 0 Å². The van der Waals surface area contributed by atoms with Crippen molar-refractivity contribution in [1.29, 1.82) is 0 Å². The van der Waals surface area contributed by atoms with E-state index in [0.29, 0.717) is 11.9 Å². The van der Waals surface area contributed by atoms with Crippen molar-refractivity contribution in [2.24, 2.45) is 0 Å². The topological polar surface area (TPSA) is 3.24 Å². The van der Waals surface area contributed by atoms with Crippen molar-refractivity contribution in [2.45, 2.75) is 44.5 Å². The average Bonchev–Trinajstić information content (AvgIpc) is 2.85. The van der Waals surface area contributed by atoms with Gasteiger partial charge >= 0.3 is 0 Å². The van der Waals surface area contributed by atoms with Gasteiger partial charge in [-0.1, -0.05) is 28.8 Å². The van der Waals surface area contributed by atoms with E-state index in [1.165, 1.54) is 36.9 Å². The highest BCUT2D eigenvalue weighted by atomic mass is 79.9. The van der Waals surface area contributed by atoms with Gasteiger partial charge in [0.25, 0.3) is 0 Å². The first-order valence-electron chi connectivity index (χ1n) is 6.37. The van der Waals surface area contributed by atoms with Crippen molar-refractivity contribution in [1.82, 2.24) is 0 Å². The highest BCUT2D eigenvalue weighted by Gasteiger charge is 2.23. The van der Waals surface area contributed by atoms with E-state index in [0.717, 1.165) is 11.0 Å². The molecular weight excluding hydrogens is 298 g/mol. The fourth-order valence-electron chi connectivity index (χ4n) is 2.78. The summed E-state index contributed by atoms with van der Waals surface area (Å²) in [4.78, 5) is 2.52. The standard InChI is InChI=1S/C14H19BrClN/c1-2-17(13-5-3-4-6-13)14-8-7-12(15)9-11(14)10-16/h7-9,13H,2-6,10H2,1H3. The van der Waals surface area contributed by atoms with Crippen LogP contribution in [0.5, 0.6) is 0 Å². The number of alkyl halides is 1. The molecule has 0 aromatic heterocycles. The van der Waals surface area contributed by atoms with Gasteiger partial charge in [-0.05, 0) is 43.5 Å². The van der Waals surface area contributed by atoms with Crippen molar-refractivity contribution in [2.75, 3.05) is 11.4 Å². The summed E-state index contributed by atoms with van der Waals surface area (Å²) in [7, 11) is 0. The second-order valence-corrected chi connectivity index (χ2v) is 5.81. The predicted molar refractivity (Wildman–Crippen MR) is 79.0 cm³/mol. The van der Waals surface area contributed by atoms with Crippen LogP contribution in [0.3, 0.4) is 0 Å². The molecule has 1 aromatic carbocycles. The number of hydrogen-bond acceptors (Lipinski definition) is 1. The Balaban J connectivity index is 2.29. The van der Waals surface area contributed by atoms with Crippen LogP contribution in [0.25, 0.3) is 0 Å². The molecule has 0 aliphatic heterocycles. The van der Waals surface area contributed by atoms with Gasteiger partial charge in [-0.15, -0.1) is 11.6 Å². The predicted octanol–water partition coefficient (Wildman–Crippen LogP) is 4.96. The lowest BCUT2D eigenvalue weighted by Crippen LogP contribution is -2.33. The van der Waals surface area contributed by atoms with Crippen LogP contribution in [-0.4, -0.2) is 12.6 Å². The van der Waals surface area contributed by atoms with Crippen LogP contribution in [-0.2, 0) is 5.88 Å². The van der Waals surface area contributed by atoms with Crippen LogP contribution in [0.4, 0.5) is 5.69 Å². The largest absolute Gasteiger partial charge is 0.369 e. The van der Waals surface area contributed by atoms with E-state index >= 15 is 0 Å². The molecule has 1 saturated carbocycles. The zero-order valence-corrected chi connectivity index (χ0v) is 12.6. The summed E-state index contributed by atoms with van der Waals surface area (Å²) in [5.41, 5.74) is 2.55. The van der Waals surface area contributed by atoms with Crippen molar-refractivity contribution >= 4 is 33.2 Å². The van der Waals surface area contributed by atoms with E-state index in [2.05, 4.69) is 46.0 Å². The van der Waals surface area contributed by atoms with E-state index in [1.807, 2.05) is 0 Å². The molecule has 3 heteroatoms. The Morgan fingerprint density at radius 3 is 2.65 bits per heavy atom. The van der Waals surface area contributed by atoms with Gasteiger partial charge in [0.2, 0.25) is 0 Å². The monoisotopic (exact) mass is 315 g/mol. The fraction of sp³-hybridized carbons (Fsp3) is 0.571. The minimum atomic E-state index is 0.581. The summed E-state index contributed by atoms with van der Waals surface area (Å²) in [5.74, 6) is 0.581. The minimum Gasteiger partial charge on any atom is -0.369 e. The SMILES string of the molecule is CCN(c1ccc(Br)cc1CCl)C1CCCC1. The second-order valence-electron chi connectivity index (χ2n) is 4.63. The lowest BCUT2D eigenvalue weighted by molar-refractivity contribution is 0.618. The molecule has 1 aliphatic carbocycles. The summed E-state index contributed by atoms with van der Waals surface area (Å²) in [6.45, 7) is 3.30. The highest BCUT2D eigenvalue weighted by molar-refractivity contribution is 9.10. The molecule has 0 bridgehead atoms.